The van der Waals surface area contributed by atoms with Gasteiger partial charge in [0, 0.05) is 12.7 Å². The fourth-order valence-electron chi connectivity index (χ4n) is 1.77. The topological polar surface area (TPSA) is 42.4 Å². The molecule has 0 saturated carbocycles. The van der Waals surface area contributed by atoms with E-state index in [1.807, 2.05) is 0 Å². The van der Waals surface area contributed by atoms with Gasteiger partial charge in [0.15, 0.2) is 0 Å². The summed E-state index contributed by atoms with van der Waals surface area (Å²) in [4.78, 5) is 16.4. The first kappa shape index (κ1) is 15.0. The molecule has 0 aliphatic carbocycles. The van der Waals surface area contributed by atoms with Crippen molar-refractivity contribution in [3.63, 3.8) is 0 Å². The van der Waals surface area contributed by atoms with Crippen LogP contribution in [-0.4, -0.2) is 35.4 Å². The Labute approximate surface area is 123 Å². The molecule has 8 heteroatoms. The number of cyclic esters (lactones) is 1. The molecule has 1 aromatic rings. The van der Waals surface area contributed by atoms with E-state index in [9.17, 15) is 13.6 Å². The third kappa shape index (κ3) is 3.58. The molecule has 1 aromatic heterocycles. The standard InChI is InChI=1S/C12H10Cl2F2N2O2/c13-9-2-1-7(3-17-9)4-18(5-10(15)16)8-6-20-12(19)11(8)14/h1-3,10H,4-6H2. The molecule has 1 aliphatic rings. The van der Waals surface area contributed by atoms with Gasteiger partial charge in [0.2, 0.25) is 0 Å². The molecule has 4 nitrogen and oxygen atoms in total. The predicted molar refractivity (Wildman–Crippen MR) is 69.5 cm³/mol. The molecule has 2 heterocycles. The quantitative estimate of drug-likeness (QED) is 0.617. The number of hydrogen-bond acceptors (Lipinski definition) is 4. The van der Waals surface area contributed by atoms with Crippen molar-refractivity contribution in [3.8, 4) is 0 Å². The van der Waals surface area contributed by atoms with Gasteiger partial charge in [0.1, 0.15) is 16.8 Å². The second-order valence-electron chi connectivity index (χ2n) is 4.10. The molecule has 0 atom stereocenters. The number of rotatable bonds is 5. The van der Waals surface area contributed by atoms with Crippen LogP contribution in [0.3, 0.4) is 0 Å². The molecular formula is C12H10Cl2F2N2O2. The summed E-state index contributed by atoms with van der Waals surface area (Å²) < 4.78 is 30.0. The van der Waals surface area contributed by atoms with Crippen molar-refractivity contribution < 1.29 is 18.3 Å². The number of alkyl halides is 2. The van der Waals surface area contributed by atoms with E-state index in [0.717, 1.165) is 0 Å². The maximum Gasteiger partial charge on any atom is 0.352 e. The summed E-state index contributed by atoms with van der Waals surface area (Å²) in [6, 6.07) is 3.23. The third-order valence-electron chi connectivity index (χ3n) is 2.67. The lowest BCUT2D eigenvalue weighted by Gasteiger charge is -2.24. The number of nitrogens with zero attached hydrogens (tertiary/aromatic N) is 2. The Morgan fingerprint density at radius 3 is 2.65 bits per heavy atom. The molecule has 0 N–H and O–H groups in total. The van der Waals surface area contributed by atoms with Crippen molar-refractivity contribution in [1.29, 1.82) is 0 Å². The van der Waals surface area contributed by atoms with Crippen molar-refractivity contribution in [2.75, 3.05) is 13.2 Å². The van der Waals surface area contributed by atoms with Crippen molar-refractivity contribution in [1.82, 2.24) is 9.88 Å². The molecule has 2 rings (SSSR count). The lowest BCUT2D eigenvalue weighted by atomic mass is 10.2. The lowest BCUT2D eigenvalue weighted by Crippen LogP contribution is -2.29. The SMILES string of the molecule is O=C1OCC(N(Cc2ccc(Cl)nc2)CC(F)F)=C1Cl. The monoisotopic (exact) mass is 322 g/mol. The van der Waals surface area contributed by atoms with E-state index in [1.54, 1.807) is 12.1 Å². The fourth-order valence-corrected chi connectivity index (χ4v) is 2.11. The van der Waals surface area contributed by atoms with Crippen LogP contribution in [0.15, 0.2) is 29.1 Å². The van der Waals surface area contributed by atoms with Crippen molar-refractivity contribution in [2.24, 2.45) is 0 Å². The summed E-state index contributed by atoms with van der Waals surface area (Å²) in [5.41, 5.74) is 0.929. The minimum absolute atomic E-state index is 0.106. The summed E-state index contributed by atoms with van der Waals surface area (Å²) in [6.45, 7) is -0.521. The summed E-state index contributed by atoms with van der Waals surface area (Å²) >= 11 is 11.4. The zero-order chi connectivity index (χ0) is 14.7. The number of carbonyl (C=O) groups is 1. The Morgan fingerprint density at radius 1 is 1.40 bits per heavy atom. The van der Waals surface area contributed by atoms with Crippen molar-refractivity contribution >= 4 is 29.2 Å². The van der Waals surface area contributed by atoms with Crippen LogP contribution in [-0.2, 0) is 16.1 Å². The summed E-state index contributed by atoms with van der Waals surface area (Å²) in [5, 5.41) is 0.151. The number of hydrogen-bond donors (Lipinski definition) is 0. The molecule has 20 heavy (non-hydrogen) atoms. The third-order valence-corrected chi connectivity index (χ3v) is 3.27. The number of pyridine rings is 1. The highest BCUT2D eigenvalue weighted by Crippen LogP contribution is 2.25. The Bertz CT molecular complexity index is 535. The number of halogens is 4. The predicted octanol–water partition coefficient (Wildman–Crippen LogP) is 2.81. The maximum atomic E-state index is 12.7. The highest BCUT2D eigenvalue weighted by Gasteiger charge is 2.28. The van der Waals surface area contributed by atoms with Crippen LogP contribution in [0.25, 0.3) is 0 Å². The number of carbonyl (C=O) groups excluding carboxylic acids is 1. The zero-order valence-corrected chi connectivity index (χ0v) is 11.7. The van der Waals surface area contributed by atoms with Gasteiger partial charge in [0.05, 0.1) is 12.2 Å². The second-order valence-corrected chi connectivity index (χ2v) is 4.86. The van der Waals surface area contributed by atoms with E-state index < -0.39 is 18.9 Å². The average molecular weight is 323 g/mol. The Morgan fingerprint density at radius 2 is 2.15 bits per heavy atom. The van der Waals surface area contributed by atoms with Gasteiger partial charge >= 0.3 is 5.97 Å². The number of aromatic nitrogens is 1. The van der Waals surface area contributed by atoms with Crippen LogP contribution in [0.4, 0.5) is 8.78 Å². The molecule has 1 aliphatic heterocycles. The molecule has 0 saturated heterocycles. The molecule has 0 aromatic carbocycles. The van der Waals surface area contributed by atoms with Crippen LogP contribution in [0.1, 0.15) is 5.56 Å². The molecule has 108 valence electrons. The minimum Gasteiger partial charge on any atom is -0.455 e. The highest BCUT2D eigenvalue weighted by atomic mass is 35.5. The first-order valence-corrected chi connectivity index (χ1v) is 6.42. The van der Waals surface area contributed by atoms with Crippen LogP contribution in [0, 0.1) is 0 Å². The van der Waals surface area contributed by atoms with Gasteiger partial charge in [-0.2, -0.15) is 0 Å². The molecule has 0 amide bonds. The maximum absolute atomic E-state index is 12.7. The Balaban J connectivity index is 2.20. The molecule has 0 radical (unpaired) electrons. The van der Waals surface area contributed by atoms with Gasteiger partial charge < -0.3 is 9.64 Å². The molecule has 0 bridgehead atoms. The van der Waals surface area contributed by atoms with Crippen LogP contribution < -0.4 is 0 Å². The van der Waals surface area contributed by atoms with Crippen molar-refractivity contribution in [2.45, 2.75) is 13.0 Å². The summed E-state index contributed by atoms with van der Waals surface area (Å²) in [6.07, 6.45) is -1.09. The van der Waals surface area contributed by atoms with Crippen molar-refractivity contribution in [3.05, 3.63) is 39.8 Å². The Kier molecular flexibility index (Phi) is 4.77. The highest BCUT2D eigenvalue weighted by molar-refractivity contribution is 6.42. The van der Waals surface area contributed by atoms with E-state index in [4.69, 9.17) is 27.9 Å². The second kappa shape index (κ2) is 6.37. The van der Waals surface area contributed by atoms with Gasteiger partial charge in [-0.15, -0.1) is 0 Å². The number of ether oxygens (including phenoxy) is 1. The molecule has 0 fully saturated rings. The molecule has 0 spiro atoms. The van der Waals surface area contributed by atoms with Gasteiger partial charge in [-0.3, -0.25) is 0 Å². The van der Waals surface area contributed by atoms with E-state index in [1.165, 1.54) is 11.1 Å². The van der Waals surface area contributed by atoms with Crippen LogP contribution in [0.5, 0.6) is 0 Å². The fraction of sp³-hybridized carbons (Fsp3) is 0.333. The van der Waals surface area contributed by atoms with Gasteiger partial charge in [0.25, 0.3) is 6.43 Å². The zero-order valence-electron chi connectivity index (χ0n) is 10.2. The van der Waals surface area contributed by atoms with E-state index in [2.05, 4.69) is 4.98 Å². The summed E-state index contributed by atoms with van der Waals surface area (Å²) in [7, 11) is 0. The van der Waals surface area contributed by atoms with Crippen LogP contribution >= 0.6 is 23.2 Å². The van der Waals surface area contributed by atoms with Gasteiger partial charge in [-0.1, -0.05) is 29.3 Å². The first-order chi connectivity index (χ1) is 9.47. The lowest BCUT2D eigenvalue weighted by molar-refractivity contribution is -0.135. The Hall–Kier alpha value is -1.40. The number of esters is 1. The van der Waals surface area contributed by atoms with Gasteiger partial charge in [-0.05, 0) is 11.6 Å². The smallest absolute Gasteiger partial charge is 0.352 e. The van der Waals surface area contributed by atoms with E-state index >= 15 is 0 Å². The average Bonchev–Trinajstić information content (AvgIpc) is 2.71. The minimum atomic E-state index is -2.57. The van der Waals surface area contributed by atoms with Gasteiger partial charge in [-0.25, -0.2) is 18.6 Å². The van der Waals surface area contributed by atoms with E-state index in [0.29, 0.717) is 10.7 Å². The largest absolute Gasteiger partial charge is 0.455 e. The summed E-state index contributed by atoms with van der Waals surface area (Å²) in [5.74, 6) is -0.699. The molecular weight excluding hydrogens is 313 g/mol. The van der Waals surface area contributed by atoms with Crippen LogP contribution in [0.2, 0.25) is 5.15 Å². The molecule has 0 unspecified atom stereocenters. The first-order valence-electron chi connectivity index (χ1n) is 5.66. The van der Waals surface area contributed by atoms with E-state index in [-0.39, 0.29) is 23.9 Å². The normalized spacial score (nSPS) is 14.9.